The first-order valence-electron chi connectivity index (χ1n) is 29.6. The molecule has 1 amide bonds. The van der Waals surface area contributed by atoms with Crippen LogP contribution in [0.5, 0.6) is 0 Å². The van der Waals surface area contributed by atoms with E-state index in [2.05, 4.69) is 43.5 Å². The first-order chi connectivity index (χ1) is 35.1. The molecule has 0 bridgehead atoms. The number of allylic oxidation sites excluding steroid dienone is 4. The molecule has 0 aliphatic carbocycles. The molecule has 0 spiro atoms. The van der Waals surface area contributed by atoms with Crippen molar-refractivity contribution in [1.82, 2.24) is 5.32 Å². The second kappa shape index (κ2) is 44.6. The molecule has 0 aromatic heterocycles. The van der Waals surface area contributed by atoms with Crippen LogP contribution in [0.3, 0.4) is 0 Å². The Labute approximate surface area is 437 Å². The van der Waals surface area contributed by atoms with Crippen molar-refractivity contribution in [2.24, 2.45) is 0 Å². The number of unbranched alkanes of at least 4 members (excludes halogenated alkanes) is 30. The van der Waals surface area contributed by atoms with Crippen LogP contribution in [0, 0.1) is 0 Å². The predicted molar refractivity (Wildman–Crippen MR) is 286 cm³/mol. The Bertz CT molecular complexity index is 1300. The van der Waals surface area contributed by atoms with E-state index in [0.29, 0.717) is 19.3 Å². The summed E-state index contributed by atoms with van der Waals surface area (Å²) in [5, 5.41) is 87.2. The van der Waals surface area contributed by atoms with Gasteiger partial charge in [0.1, 0.15) is 48.8 Å². The maximum absolute atomic E-state index is 13.3. The highest BCUT2D eigenvalue weighted by molar-refractivity contribution is 5.76. The number of aliphatic hydroxyl groups excluding tert-OH is 8. The number of carbonyl (C=O) groups excluding carboxylic acids is 1. The van der Waals surface area contributed by atoms with Crippen molar-refractivity contribution in [2.75, 3.05) is 19.8 Å². The number of hydrogen-bond donors (Lipinski definition) is 9. The van der Waals surface area contributed by atoms with E-state index >= 15 is 0 Å². The number of amides is 1. The van der Waals surface area contributed by atoms with Crippen LogP contribution < -0.4 is 5.32 Å². The zero-order valence-corrected chi connectivity index (χ0v) is 45.4. The first-order valence-corrected chi connectivity index (χ1v) is 29.6. The van der Waals surface area contributed by atoms with Crippen LogP contribution in [0.1, 0.15) is 245 Å². The van der Waals surface area contributed by atoms with E-state index in [1.807, 2.05) is 0 Å². The van der Waals surface area contributed by atoms with Gasteiger partial charge in [-0.15, -0.1) is 0 Å². The molecule has 0 saturated carbocycles. The third kappa shape index (κ3) is 30.3. The molecular formula is C58H109NO13. The Hall–Kier alpha value is -1.53. The summed E-state index contributed by atoms with van der Waals surface area (Å²) in [6.07, 6.45) is 34.5. The van der Waals surface area contributed by atoms with Crippen LogP contribution in [0.4, 0.5) is 0 Å². The van der Waals surface area contributed by atoms with Crippen molar-refractivity contribution in [3.8, 4) is 0 Å². The van der Waals surface area contributed by atoms with Gasteiger partial charge in [-0.2, -0.15) is 0 Å². The normalized spacial score (nSPS) is 25.7. The van der Waals surface area contributed by atoms with Crippen molar-refractivity contribution in [1.29, 1.82) is 0 Å². The van der Waals surface area contributed by atoms with Crippen LogP contribution in [0.25, 0.3) is 0 Å². The van der Waals surface area contributed by atoms with Crippen molar-refractivity contribution in [2.45, 2.75) is 319 Å². The van der Waals surface area contributed by atoms with E-state index < -0.39 is 86.8 Å². The molecule has 2 saturated heterocycles. The van der Waals surface area contributed by atoms with Crippen molar-refractivity contribution in [3.05, 3.63) is 24.3 Å². The fourth-order valence-electron chi connectivity index (χ4n) is 9.86. The van der Waals surface area contributed by atoms with E-state index in [1.165, 1.54) is 154 Å². The minimum absolute atomic E-state index is 0.213. The topological polar surface area (TPSA) is 228 Å². The third-order valence-corrected chi connectivity index (χ3v) is 14.7. The van der Waals surface area contributed by atoms with E-state index in [-0.39, 0.29) is 12.5 Å². The Morgan fingerprint density at radius 1 is 0.500 bits per heavy atom. The second-order valence-corrected chi connectivity index (χ2v) is 21.1. The highest BCUT2D eigenvalue weighted by atomic mass is 16.7. The monoisotopic (exact) mass is 1030 g/mol. The van der Waals surface area contributed by atoms with E-state index in [1.54, 1.807) is 0 Å². The van der Waals surface area contributed by atoms with Gasteiger partial charge in [-0.3, -0.25) is 4.79 Å². The number of hydrogen-bond acceptors (Lipinski definition) is 13. The number of carbonyl (C=O) groups is 1. The van der Waals surface area contributed by atoms with Gasteiger partial charge >= 0.3 is 0 Å². The average Bonchev–Trinajstić information content (AvgIpc) is 3.38. The molecular weight excluding hydrogens is 919 g/mol. The molecule has 9 N–H and O–H groups in total. The summed E-state index contributed by atoms with van der Waals surface area (Å²) in [6.45, 7) is 2.85. The lowest BCUT2D eigenvalue weighted by Gasteiger charge is -2.46. The first kappa shape index (κ1) is 66.6. The minimum atomic E-state index is -1.78. The van der Waals surface area contributed by atoms with E-state index in [4.69, 9.17) is 18.9 Å². The van der Waals surface area contributed by atoms with Gasteiger partial charge in [-0.1, -0.05) is 218 Å². The molecule has 2 aliphatic rings. The van der Waals surface area contributed by atoms with Crippen LogP contribution in [-0.2, 0) is 23.7 Å². The molecule has 0 radical (unpaired) electrons. The van der Waals surface area contributed by atoms with E-state index in [9.17, 15) is 45.6 Å². The van der Waals surface area contributed by atoms with Crippen molar-refractivity contribution in [3.63, 3.8) is 0 Å². The van der Waals surface area contributed by atoms with Crippen molar-refractivity contribution < 1.29 is 64.6 Å². The summed E-state index contributed by atoms with van der Waals surface area (Å²) in [7, 11) is 0. The Morgan fingerprint density at radius 2 is 0.917 bits per heavy atom. The Morgan fingerprint density at radius 3 is 1.42 bits per heavy atom. The zero-order valence-electron chi connectivity index (χ0n) is 45.4. The lowest BCUT2D eigenvalue weighted by atomic mass is 9.97. The second-order valence-electron chi connectivity index (χ2n) is 21.1. The molecule has 0 aromatic rings. The van der Waals surface area contributed by atoms with Crippen LogP contribution in [0.15, 0.2) is 24.3 Å². The summed E-state index contributed by atoms with van der Waals surface area (Å²) in [6, 6.07) is -0.831. The molecule has 12 atom stereocenters. The number of ether oxygens (including phenoxy) is 4. The van der Waals surface area contributed by atoms with Gasteiger partial charge in [-0.25, -0.2) is 0 Å². The quantitative estimate of drug-likeness (QED) is 0.0205. The SMILES string of the molecule is CCCCC/C=C\C/C=C\CCCCCCCCCC(=O)NC(COC1OC(CO)C(OC2OC(CO)C(O)C(O)C2O)C(O)C1O)C(O)CCCCCCCCCCCCCCCCCCCCCCC. The lowest BCUT2D eigenvalue weighted by Crippen LogP contribution is -2.65. The van der Waals surface area contributed by atoms with E-state index in [0.717, 1.165) is 57.8 Å². The van der Waals surface area contributed by atoms with Gasteiger partial charge in [0.25, 0.3) is 0 Å². The molecule has 2 aliphatic heterocycles. The molecule has 12 unspecified atom stereocenters. The highest BCUT2D eigenvalue weighted by Gasteiger charge is 2.51. The molecule has 14 nitrogen and oxygen atoms in total. The molecule has 72 heavy (non-hydrogen) atoms. The standard InChI is InChI=1S/C58H109NO13/c1-3-5-7-9-11-13-15-17-19-21-22-23-24-26-27-29-31-33-35-37-39-41-47(62)46(59-50(63)42-40-38-36-34-32-30-28-25-20-18-16-14-12-10-8-6-4-2)45-69-57-55(68)53(66)56(49(44-61)71-57)72-58-54(67)52(65)51(64)48(43-60)70-58/h12,14,18,20,46-49,51-58,60-62,64-68H,3-11,13,15-17,19,21-45H2,1-2H3,(H,59,63)/b14-12-,20-18-. The summed E-state index contributed by atoms with van der Waals surface area (Å²) >= 11 is 0. The zero-order chi connectivity index (χ0) is 52.4. The van der Waals surface area contributed by atoms with Gasteiger partial charge in [0, 0.05) is 6.42 Å². The van der Waals surface area contributed by atoms with Gasteiger partial charge in [0.15, 0.2) is 12.6 Å². The predicted octanol–water partition coefficient (Wildman–Crippen LogP) is 9.67. The lowest BCUT2D eigenvalue weighted by molar-refractivity contribution is -0.359. The fourth-order valence-corrected chi connectivity index (χ4v) is 9.86. The summed E-state index contributed by atoms with van der Waals surface area (Å²) in [5.74, 6) is -0.213. The summed E-state index contributed by atoms with van der Waals surface area (Å²) in [4.78, 5) is 13.3. The fraction of sp³-hybridized carbons (Fsp3) is 0.914. The average molecular weight is 1030 g/mol. The maximum atomic E-state index is 13.3. The summed E-state index contributed by atoms with van der Waals surface area (Å²) in [5.41, 5.74) is 0. The largest absolute Gasteiger partial charge is 0.394 e. The van der Waals surface area contributed by atoms with Gasteiger partial charge in [-0.05, 0) is 44.9 Å². The number of nitrogens with one attached hydrogen (secondary N) is 1. The smallest absolute Gasteiger partial charge is 0.220 e. The third-order valence-electron chi connectivity index (χ3n) is 14.7. The van der Waals surface area contributed by atoms with Gasteiger partial charge in [0.05, 0.1) is 32.0 Å². The van der Waals surface area contributed by atoms with Crippen LogP contribution >= 0.6 is 0 Å². The minimum Gasteiger partial charge on any atom is -0.394 e. The van der Waals surface area contributed by atoms with Crippen molar-refractivity contribution >= 4 is 5.91 Å². The molecule has 2 heterocycles. The molecule has 14 heteroatoms. The molecule has 0 aromatic carbocycles. The van der Waals surface area contributed by atoms with Gasteiger partial charge in [0.2, 0.25) is 5.91 Å². The Balaban J connectivity index is 1.76. The highest BCUT2D eigenvalue weighted by Crippen LogP contribution is 2.30. The maximum Gasteiger partial charge on any atom is 0.220 e. The van der Waals surface area contributed by atoms with Crippen LogP contribution in [-0.4, -0.2) is 140 Å². The summed E-state index contributed by atoms with van der Waals surface area (Å²) < 4.78 is 22.8. The number of rotatable bonds is 47. The number of aliphatic hydroxyl groups is 8. The molecule has 2 fully saturated rings. The van der Waals surface area contributed by atoms with Crippen LogP contribution in [0.2, 0.25) is 0 Å². The Kier molecular flexibility index (Phi) is 41.2. The van der Waals surface area contributed by atoms with Gasteiger partial charge < -0.3 is 65.1 Å². The molecule has 2 rings (SSSR count). The molecule has 424 valence electrons.